The van der Waals surface area contributed by atoms with Gasteiger partial charge in [-0.05, 0) is 18.4 Å². The Hall–Kier alpha value is -1.45. The molecule has 1 rings (SSSR count). The minimum Gasteiger partial charge on any atom is -0.349 e. The molecule has 3 nitrogen and oxygen atoms in total. The second kappa shape index (κ2) is 5.58. The van der Waals surface area contributed by atoms with Crippen LogP contribution >= 0.6 is 0 Å². The molecule has 0 fully saturated rings. The fourth-order valence-corrected chi connectivity index (χ4v) is 1.54. The van der Waals surface area contributed by atoms with E-state index in [1.165, 1.54) is 12.3 Å². The lowest BCUT2D eigenvalue weighted by molar-refractivity contribution is 0.0924. The van der Waals surface area contributed by atoms with Crippen LogP contribution in [0.3, 0.4) is 0 Å². The van der Waals surface area contributed by atoms with Gasteiger partial charge < -0.3 is 5.32 Å². The van der Waals surface area contributed by atoms with Gasteiger partial charge in [-0.25, -0.2) is 4.98 Å². The summed E-state index contributed by atoms with van der Waals surface area (Å²) in [6.07, 6.45) is 2.15. The zero-order valence-corrected chi connectivity index (χ0v) is 9.83. The summed E-state index contributed by atoms with van der Waals surface area (Å²) >= 11 is 0. The molecule has 1 aromatic heterocycles. The van der Waals surface area contributed by atoms with E-state index in [1.54, 1.807) is 0 Å². The predicted octanol–water partition coefficient (Wildman–Crippen LogP) is 2.39. The number of nitrogens with zero attached hydrogens (tertiary/aromatic N) is 1. The predicted molar refractivity (Wildman–Crippen MR) is 60.6 cm³/mol. The molecule has 0 bridgehead atoms. The van der Waals surface area contributed by atoms with Gasteiger partial charge in [0, 0.05) is 23.9 Å². The first-order valence-electron chi connectivity index (χ1n) is 5.47. The molecule has 88 valence electrons. The average Bonchev–Trinajstić information content (AvgIpc) is 2.25. The van der Waals surface area contributed by atoms with Gasteiger partial charge in [-0.1, -0.05) is 20.8 Å². The zero-order valence-electron chi connectivity index (χ0n) is 9.83. The number of hydrogen-bond acceptors (Lipinski definition) is 2. The topological polar surface area (TPSA) is 42.0 Å². The molecule has 0 aliphatic heterocycles. The normalized spacial score (nSPS) is 12.6. The second-order valence-corrected chi connectivity index (χ2v) is 4.10. The lowest BCUT2D eigenvalue weighted by Gasteiger charge is -2.20. The van der Waals surface area contributed by atoms with Crippen LogP contribution in [0.1, 0.15) is 37.6 Å². The monoisotopic (exact) mass is 224 g/mol. The van der Waals surface area contributed by atoms with E-state index >= 15 is 0 Å². The number of hydrogen-bond donors (Lipinski definition) is 1. The summed E-state index contributed by atoms with van der Waals surface area (Å²) in [7, 11) is 0. The van der Waals surface area contributed by atoms with Crippen molar-refractivity contribution < 1.29 is 9.18 Å². The van der Waals surface area contributed by atoms with E-state index in [4.69, 9.17) is 0 Å². The van der Waals surface area contributed by atoms with Crippen molar-refractivity contribution in [3.63, 3.8) is 0 Å². The molecule has 0 aliphatic carbocycles. The van der Waals surface area contributed by atoms with Gasteiger partial charge >= 0.3 is 0 Å². The van der Waals surface area contributed by atoms with Crippen LogP contribution in [-0.2, 0) is 0 Å². The molecule has 0 aromatic carbocycles. The zero-order chi connectivity index (χ0) is 12.1. The fraction of sp³-hybridized carbons (Fsp3) is 0.500. The Kier molecular flexibility index (Phi) is 4.40. The van der Waals surface area contributed by atoms with Crippen molar-refractivity contribution in [3.8, 4) is 0 Å². The molecule has 1 heterocycles. The molecule has 16 heavy (non-hydrogen) atoms. The number of carbonyl (C=O) groups is 1. The number of amides is 1. The number of pyridine rings is 1. The second-order valence-electron chi connectivity index (χ2n) is 4.10. The Balaban J connectivity index is 2.72. The highest BCUT2D eigenvalue weighted by Crippen LogP contribution is 2.07. The van der Waals surface area contributed by atoms with Gasteiger partial charge in [0.05, 0.1) is 0 Å². The van der Waals surface area contributed by atoms with Crippen molar-refractivity contribution in [2.24, 2.45) is 5.92 Å². The van der Waals surface area contributed by atoms with E-state index in [0.29, 0.717) is 11.5 Å². The molecule has 1 amide bonds. The number of nitrogens with one attached hydrogen (secondary N) is 1. The van der Waals surface area contributed by atoms with Gasteiger partial charge in [0.25, 0.3) is 5.91 Å². The summed E-state index contributed by atoms with van der Waals surface area (Å²) < 4.78 is 12.8. The summed E-state index contributed by atoms with van der Waals surface area (Å²) in [5, 5.41) is 2.88. The van der Waals surface area contributed by atoms with Crippen molar-refractivity contribution >= 4 is 5.91 Å². The first kappa shape index (κ1) is 12.6. The maximum Gasteiger partial charge on any atom is 0.251 e. The molecule has 0 radical (unpaired) electrons. The largest absolute Gasteiger partial charge is 0.349 e. The lowest BCUT2D eigenvalue weighted by atomic mass is 10.0. The van der Waals surface area contributed by atoms with Crippen molar-refractivity contribution in [2.75, 3.05) is 0 Å². The smallest absolute Gasteiger partial charge is 0.251 e. The molecule has 4 heteroatoms. The van der Waals surface area contributed by atoms with Crippen LogP contribution in [0.5, 0.6) is 0 Å². The van der Waals surface area contributed by atoms with E-state index in [-0.39, 0.29) is 11.9 Å². The molecule has 0 spiro atoms. The van der Waals surface area contributed by atoms with Crippen molar-refractivity contribution in [1.82, 2.24) is 10.3 Å². The SMILES string of the molecule is CCC(NC(=O)c1ccnc(F)c1)C(C)C. The van der Waals surface area contributed by atoms with E-state index in [0.717, 1.165) is 12.5 Å². The highest BCUT2D eigenvalue weighted by molar-refractivity contribution is 5.94. The third-order valence-corrected chi connectivity index (χ3v) is 2.55. The maximum absolute atomic E-state index is 12.8. The first-order valence-corrected chi connectivity index (χ1v) is 5.47. The van der Waals surface area contributed by atoms with Gasteiger partial charge in [-0.15, -0.1) is 0 Å². The molecule has 1 atom stereocenters. The maximum atomic E-state index is 12.8. The van der Waals surface area contributed by atoms with E-state index in [2.05, 4.69) is 10.3 Å². The van der Waals surface area contributed by atoms with E-state index < -0.39 is 5.95 Å². The van der Waals surface area contributed by atoms with Gasteiger partial charge in [-0.2, -0.15) is 4.39 Å². The Morgan fingerprint density at radius 3 is 2.75 bits per heavy atom. The van der Waals surface area contributed by atoms with Crippen LogP contribution in [0, 0.1) is 11.9 Å². The van der Waals surface area contributed by atoms with Crippen molar-refractivity contribution in [1.29, 1.82) is 0 Å². The Morgan fingerprint density at radius 1 is 1.56 bits per heavy atom. The van der Waals surface area contributed by atoms with Crippen LogP contribution in [0.25, 0.3) is 0 Å². The van der Waals surface area contributed by atoms with Crippen LogP contribution in [0.4, 0.5) is 4.39 Å². The molecule has 1 aromatic rings. The van der Waals surface area contributed by atoms with Crippen LogP contribution in [0.2, 0.25) is 0 Å². The number of halogens is 1. The number of carbonyl (C=O) groups excluding carboxylic acids is 1. The first-order chi connectivity index (χ1) is 7.54. The minimum absolute atomic E-state index is 0.115. The Morgan fingerprint density at radius 2 is 2.25 bits per heavy atom. The highest BCUT2D eigenvalue weighted by atomic mass is 19.1. The molecule has 1 N–H and O–H groups in total. The van der Waals surface area contributed by atoms with Crippen LogP contribution in [-0.4, -0.2) is 16.9 Å². The van der Waals surface area contributed by atoms with Crippen molar-refractivity contribution in [2.45, 2.75) is 33.2 Å². The average molecular weight is 224 g/mol. The number of rotatable bonds is 4. The molecular formula is C12H17FN2O. The van der Waals surface area contributed by atoms with E-state index in [9.17, 15) is 9.18 Å². The lowest BCUT2D eigenvalue weighted by Crippen LogP contribution is -2.38. The quantitative estimate of drug-likeness (QED) is 0.798. The van der Waals surface area contributed by atoms with Gasteiger partial charge in [0.2, 0.25) is 5.95 Å². The third-order valence-electron chi connectivity index (χ3n) is 2.55. The van der Waals surface area contributed by atoms with Gasteiger partial charge in [-0.3, -0.25) is 4.79 Å². The van der Waals surface area contributed by atoms with Crippen LogP contribution in [0.15, 0.2) is 18.3 Å². The van der Waals surface area contributed by atoms with Gasteiger partial charge in [0.1, 0.15) is 0 Å². The Bertz CT molecular complexity index is 366. The van der Waals surface area contributed by atoms with Crippen LogP contribution < -0.4 is 5.32 Å². The summed E-state index contributed by atoms with van der Waals surface area (Å²) in [6.45, 7) is 6.10. The molecule has 1 unspecified atom stereocenters. The summed E-state index contributed by atoms with van der Waals surface area (Å²) in [6, 6.07) is 2.76. The standard InChI is InChI=1S/C12H17FN2O/c1-4-10(8(2)3)15-12(16)9-5-6-14-11(13)7-9/h5-8,10H,4H2,1-3H3,(H,15,16). The Labute approximate surface area is 95.1 Å². The summed E-state index contributed by atoms with van der Waals surface area (Å²) in [4.78, 5) is 15.2. The minimum atomic E-state index is -0.634. The van der Waals surface area contributed by atoms with E-state index in [1.807, 2.05) is 20.8 Å². The van der Waals surface area contributed by atoms with Crippen molar-refractivity contribution in [3.05, 3.63) is 29.8 Å². The molecule has 0 saturated carbocycles. The number of aromatic nitrogens is 1. The summed E-state index contributed by atoms with van der Waals surface area (Å²) in [5.41, 5.74) is 0.312. The molecular weight excluding hydrogens is 207 g/mol. The third kappa shape index (κ3) is 3.29. The molecule has 0 aliphatic rings. The fourth-order valence-electron chi connectivity index (χ4n) is 1.54. The molecule has 0 saturated heterocycles. The summed E-state index contributed by atoms with van der Waals surface area (Å²) in [5.74, 6) is -0.521. The van der Waals surface area contributed by atoms with Gasteiger partial charge in [0.15, 0.2) is 0 Å². The highest BCUT2D eigenvalue weighted by Gasteiger charge is 2.15.